The smallest absolute Gasteiger partial charge is 0.337 e. The number of ketones is 2. The highest BCUT2D eigenvalue weighted by Crippen LogP contribution is 2.44. The fourth-order valence-corrected chi connectivity index (χ4v) is 2.92. The Morgan fingerprint density at radius 2 is 1.79 bits per heavy atom. The zero-order valence-electron chi connectivity index (χ0n) is 9.99. The number of hydrogen-bond donors (Lipinski definition) is 0. The molecule has 6 heteroatoms. The molecule has 0 aromatic heterocycles. The van der Waals surface area contributed by atoms with E-state index in [9.17, 15) is 19.2 Å². The van der Waals surface area contributed by atoms with E-state index in [1.807, 2.05) is 0 Å². The molecule has 0 spiro atoms. The number of carbonyl (C=O) groups excluding carboxylic acids is 4. The normalized spacial score (nSPS) is 35.6. The van der Waals surface area contributed by atoms with E-state index < -0.39 is 35.8 Å². The largest absolute Gasteiger partial charge is 0.466 e. The van der Waals surface area contributed by atoms with Crippen molar-refractivity contribution in [2.24, 2.45) is 17.8 Å². The summed E-state index contributed by atoms with van der Waals surface area (Å²) in [7, 11) is 1.21. The van der Waals surface area contributed by atoms with Gasteiger partial charge in [0, 0.05) is 0 Å². The topological polar surface area (TPSA) is 86.7 Å². The molecule has 0 aromatic rings. The molecule has 0 amide bonds. The molecular weight excluding hydrogens is 252 g/mol. The van der Waals surface area contributed by atoms with E-state index in [2.05, 4.69) is 4.74 Å². The average Bonchev–Trinajstić information content (AvgIpc) is 2.41. The Morgan fingerprint density at radius 1 is 1.16 bits per heavy atom. The van der Waals surface area contributed by atoms with Crippen LogP contribution in [0.15, 0.2) is 23.8 Å². The van der Waals surface area contributed by atoms with Crippen molar-refractivity contribution in [3.8, 4) is 0 Å². The Balaban J connectivity index is 2.11. The van der Waals surface area contributed by atoms with Crippen molar-refractivity contribution in [3.05, 3.63) is 23.8 Å². The lowest BCUT2D eigenvalue weighted by molar-refractivity contribution is -0.174. The maximum absolute atomic E-state index is 11.9. The van der Waals surface area contributed by atoms with Gasteiger partial charge >= 0.3 is 11.9 Å². The maximum Gasteiger partial charge on any atom is 0.337 e. The second kappa shape index (κ2) is 3.88. The maximum atomic E-state index is 11.9. The molecule has 4 aliphatic rings. The highest BCUT2D eigenvalue weighted by atomic mass is 16.6. The highest BCUT2D eigenvalue weighted by Gasteiger charge is 2.57. The predicted octanol–water partition coefficient (Wildman–Crippen LogP) is -0.419. The van der Waals surface area contributed by atoms with Crippen molar-refractivity contribution in [1.29, 1.82) is 0 Å². The van der Waals surface area contributed by atoms with Crippen molar-refractivity contribution in [2.45, 2.75) is 6.10 Å². The second-order valence-electron chi connectivity index (χ2n) is 4.69. The Hall–Kier alpha value is -2.24. The van der Waals surface area contributed by atoms with Gasteiger partial charge in [0.25, 0.3) is 0 Å². The van der Waals surface area contributed by atoms with Gasteiger partial charge in [-0.2, -0.15) is 0 Å². The van der Waals surface area contributed by atoms with E-state index in [1.54, 1.807) is 0 Å². The number of fused-ring (bicyclic) bond motifs is 1. The first kappa shape index (κ1) is 11.8. The zero-order chi connectivity index (χ0) is 13.7. The summed E-state index contributed by atoms with van der Waals surface area (Å²) in [6.45, 7) is 0. The lowest BCUT2D eigenvalue weighted by atomic mass is 9.64. The lowest BCUT2D eigenvalue weighted by Crippen LogP contribution is -2.56. The van der Waals surface area contributed by atoms with Crippen molar-refractivity contribution in [2.75, 3.05) is 7.11 Å². The molecular formula is C13H10O6. The van der Waals surface area contributed by atoms with E-state index in [0.717, 1.165) is 0 Å². The summed E-state index contributed by atoms with van der Waals surface area (Å²) in [5.74, 6) is -4.24. The Bertz CT molecular complexity index is 570. The molecule has 4 atom stereocenters. The Morgan fingerprint density at radius 3 is 2.42 bits per heavy atom. The average molecular weight is 262 g/mol. The van der Waals surface area contributed by atoms with Crippen LogP contribution in [-0.2, 0) is 28.7 Å². The summed E-state index contributed by atoms with van der Waals surface area (Å²) < 4.78 is 9.70. The van der Waals surface area contributed by atoms with Crippen LogP contribution in [0.5, 0.6) is 0 Å². The van der Waals surface area contributed by atoms with Gasteiger partial charge in [-0.15, -0.1) is 0 Å². The van der Waals surface area contributed by atoms with Crippen molar-refractivity contribution in [1.82, 2.24) is 0 Å². The van der Waals surface area contributed by atoms with E-state index >= 15 is 0 Å². The third-order valence-corrected chi connectivity index (χ3v) is 3.77. The summed E-state index contributed by atoms with van der Waals surface area (Å²) in [4.78, 5) is 47.1. The summed E-state index contributed by atoms with van der Waals surface area (Å²) in [6, 6.07) is 0. The summed E-state index contributed by atoms with van der Waals surface area (Å²) in [5.41, 5.74) is 0.143. The summed E-state index contributed by atoms with van der Waals surface area (Å²) in [5, 5.41) is 0. The van der Waals surface area contributed by atoms with Crippen LogP contribution in [0.3, 0.4) is 0 Å². The molecule has 0 aromatic carbocycles. The Kier molecular flexibility index (Phi) is 2.41. The molecule has 0 unspecified atom stereocenters. The molecule has 19 heavy (non-hydrogen) atoms. The molecule has 98 valence electrons. The van der Waals surface area contributed by atoms with Gasteiger partial charge in [0.1, 0.15) is 6.10 Å². The van der Waals surface area contributed by atoms with Crippen LogP contribution >= 0.6 is 0 Å². The van der Waals surface area contributed by atoms with E-state index in [4.69, 9.17) is 4.74 Å². The number of rotatable bonds is 1. The quantitative estimate of drug-likeness (QED) is 0.596. The first-order valence-corrected chi connectivity index (χ1v) is 5.81. The molecule has 4 rings (SSSR count). The number of esters is 2. The predicted molar refractivity (Wildman–Crippen MR) is 59.6 cm³/mol. The first-order valence-electron chi connectivity index (χ1n) is 5.81. The van der Waals surface area contributed by atoms with Crippen molar-refractivity contribution in [3.63, 3.8) is 0 Å². The third-order valence-electron chi connectivity index (χ3n) is 3.77. The van der Waals surface area contributed by atoms with Gasteiger partial charge in [-0.3, -0.25) is 14.4 Å². The first-order chi connectivity index (χ1) is 9.04. The monoisotopic (exact) mass is 262 g/mol. The van der Waals surface area contributed by atoms with Gasteiger partial charge in [-0.25, -0.2) is 4.79 Å². The van der Waals surface area contributed by atoms with Gasteiger partial charge in [0.15, 0.2) is 11.6 Å². The molecule has 2 aliphatic heterocycles. The SMILES string of the molecule is COC(=O)C1=C[C@H]2C(=O)O[C@@H]1[C@H]1C(=O)C=CC(=O)[C@H]12. The van der Waals surface area contributed by atoms with Gasteiger partial charge in [0.05, 0.1) is 30.4 Å². The Labute approximate surface area is 108 Å². The molecule has 1 fully saturated rings. The minimum Gasteiger partial charge on any atom is -0.466 e. The van der Waals surface area contributed by atoms with E-state index in [0.29, 0.717) is 0 Å². The highest BCUT2D eigenvalue weighted by molar-refractivity contribution is 6.11. The number of hydrogen-bond acceptors (Lipinski definition) is 6. The molecule has 0 saturated carbocycles. The van der Waals surface area contributed by atoms with Gasteiger partial charge in [0.2, 0.25) is 0 Å². The third kappa shape index (κ3) is 1.49. The van der Waals surface area contributed by atoms with Crippen molar-refractivity contribution < 1.29 is 28.7 Å². The van der Waals surface area contributed by atoms with Crippen LogP contribution in [0.25, 0.3) is 0 Å². The van der Waals surface area contributed by atoms with Crippen LogP contribution in [0.2, 0.25) is 0 Å². The van der Waals surface area contributed by atoms with Crippen molar-refractivity contribution >= 4 is 23.5 Å². The molecule has 2 heterocycles. The molecule has 6 nitrogen and oxygen atoms in total. The fourth-order valence-electron chi connectivity index (χ4n) is 2.92. The van der Waals surface area contributed by atoms with Crippen LogP contribution in [0.1, 0.15) is 0 Å². The van der Waals surface area contributed by atoms with Gasteiger partial charge < -0.3 is 9.47 Å². The molecule has 0 N–H and O–H groups in total. The minimum atomic E-state index is -1.02. The molecule has 2 aliphatic carbocycles. The lowest BCUT2D eigenvalue weighted by Gasteiger charge is -2.44. The number of carbonyl (C=O) groups is 4. The number of allylic oxidation sites excluding steroid dienone is 2. The summed E-state index contributed by atoms with van der Waals surface area (Å²) >= 11 is 0. The fraction of sp³-hybridized carbons (Fsp3) is 0.385. The van der Waals surface area contributed by atoms with Crippen LogP contribution < -0.4 is 0 Å². The standard InChI is InChI=1S/C13H10O6/c1-18-12(16)6-4-5-9-7(14)2-3-8(15)10(9)11(6)19-13(5)17/h2-5,9-11H,1H3/t5-,9-,10+,11+/m1/s1. The summed E-state index contributed by atoms with van der Waals surface area (Å²) in [6.07, 6.45) is 2.74. The second-order valence-corrected chi connectivity index (χ2v) is 4.69. The van der Waals surface area contributed by atoms with Crippen LogP contribution in [0.4, 0.5) is 0 Å². The van der Waals surface area contributed by atoms with Crippen LogP contribution in [0, 0.1) is 17.8 Å². The molecule has 1 saturated heterocycles. The molecule has 2 bridgehead atoms. The minimum absolute atomic E-state index is 0.143. The zero-order valence-corrected chi connectivity index (χ0v) is 9.99. The van der Waals surface area contributed by atoms with E-state index in [-0.39, 0.29) is 17.1 Å². The number of methoxy groups -OCH3 is 1. The molecule has 0 radical (unpaired) electrons. The van der Waals surface area contributed by atoms with E-state index in [1.165, 1.54) is 25.3 Å². The van der Waals surface area contributed by atoms with Crippen LogP contribution in [-0.4, -0.2) is 36.7 Å². The van der Waals surface area contributed by atoms with Gasteiger partial charge in [-0.1, -0.05) is 6.08 Å². The number of ether oxygens (including phenoxy) is 2. The van der Waals surface area contributed by atoms with Gasteiger partial charge in [-0.05, 0) is 12.2 Å².